The zero-order chi connectivity index (χ0) is 20.7. The van der Waals surface area contributed by atoms with Crippen LogP contribution in [0.4, 0.5) is 4.79 Å². The molecule has 2 aromatic rings. The molecule has 2 amide bonds. The van der Waals surface area contributed by atoms with Crippen molar-refractivity contribution in [2.24, 2.45) is 5.92 Å². The lowest BCUT2D eigenvalue weighted by atomic mass is 9.80. The standard InChI is InChI=1S/C23H25BrN4O2/c24-17-12-10-15(11-13-17)20(29)14-27-19-9-5-4-8-18(19)22-25-21(26-28(22)23(27)30)16-6-2-1-3-7-16/h1-3,6-7,10-13,18-19,21-22,25-26H,4-5,8-9,14H2. The minimum absolute atomic E-state index is 0.0228. The van der Waals surface area contributed by atoms with E-state index < -0.39 is 0 Å². The SMILES string of the molecule is O=C(CN1C(=O)N2NC(c3ccccc3)NC2C2CCCCC21)c1ccc(Br)cc1. The highest BCUT2D eigenvalue weighted by atomic mass is 79.9. The molecule has 4 atom stereocenters. The Bertz CT molecular complexity index is 936. The van der Waals surface area contributed by atoms with E-state index in [2.05, 4.69) is 38.8 Å². The van der Waals surface area contributed by atoms with E-state index in [4.69, 9.17) is 0 Å². The van der Waals surface area contributed by atoms with Gasteiger partial charge in [-0.25, -0.2) is 15.2 Å². The first-order valence-electron chi connectivity index (χ1n) is 10.6. The van der Waals surface area contributed by atoms with Gasteiger partial charge in [0, 0.05) is 22.0 Å². The first kappa shape index (κ1) is 19.7. The number of fused-ring (bicyclic) bond motifs is 3. The first-order valence-corrected chi connectivity index (χ1v) is 11.4. The maximum atomic E-state index is 13.4. The van der Waals surface area contributed by atoms with Crippen molar-refractivity contribution in [3.8, 4) is 0 Å². The summed E-state index contributed by atoms with van der Waals surface area (Å²) in [5, 5.41) is 5.35. The zero-order valence-electron chi connectivity index (χ0n) is 16.6. The lowest BCUT2D eigenvalue weighted by Gasteiger charge is -2.49. The number of carbonyl (C=O) groups excluding carboxylic acids is 2. The number of halogens is 1. The number of nitrogens with zero attached hydrogens (tertiary/aromatic N) is 2. The predicted octanol–water partition coefficient (Wildman–Crippen LogP) is 4.06. The van der Waals surface area contributed by atoms with Crippen molar-refractivity contribution in [1.29, 1.82) is 0 Å². The van der Waals surface area contributed by atoms with E-state index in [1.165, 1.54) is 0 Å². The van der Waals surface area contributed by atoms with E-state index in [0.717, 1.165) is 35.7 Å². The molecule has 4 unspecified atom stereocenters. The molecule has 0 spiro atoms. The highest BCUT2D eigenvalue weighted by Crippen LogP contribution is 2.39. The molecule has 2 aliphatic heterocycles. The topological polar surface area (TPSA) is 64.7 Å². The summed E-state index contributed by atoms with van der Waals surface area (Å²) in [6, 6.07) is 17.4. The maximum Gasteiger partial charge on any atom is 0.336 e. The molecule has 5 rings (SSSR count). The summed E-state index contributed by atoms with van der Waals surface area (Å²) in [4.78, 5) is 28.2. The van der Waals surface area contributed by atoms with Gasteiger partial charge in [-0.2, -0.15) is 0 Å². The van der Waals surface area contributed by atoms with Crippen LogP contribution in [-0.4, -0.2) is 40.5 Å². The van der Waals surface area contributed by atoms with Gasteiger partial charge in [-0.05, 0) is 30.5 Å². The van der Waals surface area contributed by atoms with Crippen molar-refractivity contribution in [3.05, 3.63) is 70.2 Å². The lowest BCUT2D eigenvalue weighted by molar-refractivity contribution is 0.00126. The largest absolute Gasteiger partial charge is 0.336 e. The summed E-state index contributed by atoms with van der Waals surface area (Å²) in [7, 11) is 0. The number of carbonyl (C=O) groups is 2. The quantitative estimate of drug-likeness (QED) is 0.663. The smallest absolute Gasteiger partial charge is 0.312 e. The van der Waals surface area contributed by atoms with Gasteiger partial charge in [0.25, 0.3) is 0 Å². The fourth-order valence-corrected chi connectivity index (χ4v) is 5.31. The van der Waals surface area contributed by atoms with Crippen molar-refractivity contribution in [2.75, 3.05) is 6.54 Å². The van der Waals surface area contributed by atoms with Crippen LogP contribution in [0.3, 0.4) is 0 Å². The summed E-state index contributed by atoms with van der Waals surface area (Å²) in [5.41, 5.74) is 5.09. The average molecular weight is 469 g/mol. The summed E-state index contributed by atoms with van der Waals surface area (Å²) in [6.45, 7) is 0.114. The Hall–Kier alpha value is -2.22. The van der Waals surface area contributed by atoms with Crippen molar-refractivity contribution in [1.82, 2.24) is 20.7 Å². The van der Waals surface area contributed by atoms with Gasteiger partial charge in [0.1, 0.15) is 12.3 Å². The molecule has 30 heavy (non-hydrogen) atoms. The molecule has 6 nitrogen and oxygen atoms in total. The normalized spacial score (nSPS) is 28.2. The van der Waals surface area contributed by atoms with Crippen LogP contribution in [0.1, 0.15) is 47.8 Å². The van der Waals surface area contributed by atoms with Gasteiger partial charge >= 0.3 is 6.03 Å². The van der Waals surface area contributed by atoms with Crippen molar-refractivity contribution < 1.29 is 9.59 Å². The molecular formula is C23H25BrN4O2. The van der Waals surface area contributed by atoms with Crippen LogP contribution < -0.4 is 10.7 Å². The second kappa shape index (κ2) is 8.13. The number of hydrogen-bond acceptors (Lipinski definition) is 4. The van der Waals surface area contributed by atoms with Crippen LogP contribution in [-0.2, 0) is 0 Å². The molecule has 2 N–H and O–H groups in total. The highest BCUT2D eigenvalue weighted by Gasteiger charge is 2.51. The lowest BCUT2D eigenvalue weighted by Crippen LogP contribution is -2.66. The third-order valence-corrected chi connectivity index (χ3v) is 7.06. The number of benzene rings is 2. The fourth-order valence-electron chi connectivity index (χ4n) is 5.05. The number of amides is 2. The third-order valence-electron chi connectivity index (χ3n) is 6.54. The molecule has 2 heterocycles. The Morgan fingerprint density at radius 3 is 2.53 bits per heavy atom. The number of Topliss-reactive ketones (excluding diaryl/α,β-unsaturated/α-hetero) is 1. The molecule has 0 bridgehead atoms. The van der Waals surface area contributed by atoms with Crippen LogP contribution in [0.5, 0.6) is 0 Å². The second-order valence-electron chi connectivity index (χ2n) is 8.31. The third kappa shape index (κ3) is 3.55. The number of rotatable bonds is 4. The number of nitrogens with one attached hydrogen (secondary N) is 2. The predicted molar refractivity (Wildman–Crippen MR) is 117 cm³/mol. The number of hydrazine groups is 1. The van der Waals surface area contributed by atoms with E-state index in [1.54, 1.807) is 9.91 Å². The van der Waals surface area contributed by atoms with Gasteiger partial charge in [-0.1, -0.05) is 71.2 Å². The van der Waals surface area contributed by atoms with Crippen molar-refractivity contribution >= 4 is 27.7 Å². The average Bonchev–Trinajstić information content (AvgIpc) is 3.24. The first-order chi connectivity index (χ1) is 14.6. The zero-order valence-corrected chi connectivity index (χ0v) is 18.2. The Morgan fingerprint density at radius 2 is 1.77 bits per heavy atom. The molecular weight excluding hydrogens is 444 g/mol. The molecule has 0 aromatic heterocycles. The van der Waals surface area contributed by atoms with E-state index in [0.29, 0.717) is 11.5 Å². The summed E-state index contributed by atoms with van der Waals surface area (Å²) >= 11 is 3.41. The minimum atomic E-state index is -0.112. The van der Waals surface area contributed by atoms with Crippen molar-refractivity contribution in [3.63, 3.8) is 0 Å². The van der Waals surface area contributed by atoms with Gasteiger partial charge < -0.3 is 4.90 Å². The number of urea groups is 1. The maximum absolute atomic E-state index is 13.4. The fraction of sp³-hybridized carbons (Fsp3) is 0.391. The summed E-state index contributed by atoms with van der Waals surface area (Å²) in [6.07, 6.45) is 4.10. The van der Waals surface area contributed by atoms with E-state index in [1.807, 2.05) is 42.5 Å². The van der Waals surface area contributed by atoms with E-state index in [-0.39, 0.29) is 36.7 Å². The minimum Gasteiger partial charge on any atom is -0.312 e. The molecule has 2 aromatic carbocycles. The van der Waals surface area contributed by atoms with Crippen LogP contribution in [0, 0.1) is 5.92 Å². The molecule has 156 valence electrons. The Morgan fingerprint density at radius 1 is 1.03 bits per heavy atom. The van der Waals surface area contributed by atoms with E-state index in [9.17, 15) is 9.59 Å². The van der Waals surface area contributed by atoms with Crippen LogP contribution in [0.25, 0.3) is 0 Å². The monoisotopic (exact) mass is 468 g/mol. The molecule has 7 heteroatoms. The number of hydrogen-bond donors (Lipinski definition) is 2. The van der Waals surface area contributed by atoms with Gasteiger partial charge in [0.15, 0.2) is 5.78 Å². The molecule has 0 radical (unpaired) electrons. The Kier molecular flexibility index (Phi) is 5.35. The van der Waals surface area contributed by atoms with Gasteiger partial charge in [-0.15, -0.1) is 0 Å². The Balaban J connectivity index is 1.40. The Labute approximate surface area is 184 Å². The van der Waals surface area contributed by atoms with Crippen molar-refractivity contribution in [2.45, 2.75) is 44.1 Å². The second-order valence-corrected chi connectivity index (χ2v) is 9.23. The molecule has 1 saturated carbocycles. The summed E-state index contributed by atoms with van der Waals surface area (Å²) < 4.78 is 0.933. The van der Waals surface area contributed by atoms with E-state index >= 15 is 0 Å². The highest BCUT2D eigenvalue weighted by molar-refractivity contribution is 9.10. The van der Waals surface area contributed by atoms with Crippen LogP contribution in [0.2, 0.25) is 0 Å². The van der Waals surface area contributed by atoms with Gasteiger partial charge in [0.2, 0.25) is 0 Å². The number of ketones is 1. The molecule has 3 aliphatic rings. The van der Waals surface area contributed by atoms with Gasteiger partial charge in [-0.3, -0.25) is 10.1 Å². The van der Waals surface area contributed by atoms with Crippen LogP contribution >= 0.6 is 15.9 Å². The molecule has 2 saturated heterocycles. The molecule has 1 aliphatic carbocycles. The summed E-state index contributed by atoms with van der Waals surface area (Å²) in [5.74, 6) is 0.278. The van der Waals surface area contributed by atoms with Gasteiger partial charge in [0.05, 0.1) is 6.54 Å². The molecule has 3 fully saturated rings. The van der Waals surface area contributed by atoms with Crippen LogP contribution in [0.15, 0.2) is 59.1 Å².